The van der Waals surface area contributed by atoms with Gasteiger partial charge in [-0.15, -0.1) is 0 Å². The number of esters is 2. The van der Waals surface area contributed by atoms with Gasteiger partial charge in [0, 0.05) is 0 Å². The minimum Gasteiger partial charge on any atom is -0.465 e. The molecule has 1 atom stereocenters. The Morgan fingerprint density at radius 3 is 2.54 bits per heavy atom. The molecule has 0 heterocycles. The van der Waals surface area contributed by atoms with Crippen LogP contribution in [0.15, 0.2) is 0 Å². The van der Waals surface area contributed by atoms with Crippen LogP contribution in [0.25, 0.3) is 0 Å². The van der Waals surface area contributed by atoms with Crippen molar-refractivity contribution in [2.75, 3.05) is 11.2 Å². The highest BCUT2D eigenvalue weighted by Crippen LogP contribution is 1.96. The number of hydrogen-bond acceptors (Lipinski definition) is 5. The standard InChI is InChI=1S/C7H12INO4/c1-2-12-7(11)5(9)3-6(10)13-4-8/h5H,2-4,9H2,1H3/t5-/m0/s1. The smallest absolute Gasteiger partial charge is 0.323 e. The monoisotopic (exact) mass is 301 g/mol. The second-order valence-electron chi connectivity index (χ2n) is 2.19. The first-order valence-electron chi connectivity index (χ1n) is 3.75. The average molecular weight is 301 g/mol. The summed E-state index contributed by atoms with van der Waals surface area (Å²) in [6.07, 6.45) is -0.137. The number of carbonyl (C=O) groups is 2. The number of nitrogens with two attached hydrogens (primary N) is 1. The lowest BCUT2D eigenvalue weighted by molar-refractivity contribution is -0.150. The molecule has 0 unspecified atom stereocenters. The highest BCUT2D eigenvalue weighted by atomic mass is 127. The van der Waals surface area contributed by atoms with Crippen LogP contribution in [0.4, 0.5) is 0 Å². The fourth-order valence-electron chi connectivity index (χ4n) is 0.632. The maximum absolute atomic E-state index is 10.9. The van der Waals surface area contributed by atoms with E-state index in [-0.39, 0.29) is 17.6 Å². The number of hydrogen-bond donors (Lipinski definition) is 1. The summed E-state index contributed by atoms with van der Waals surface area (Å²) in [5.74, 6) is -1.07. The molecule has 5 nitrogen and oxygen atoms in total. The SMILES string of the molecule is CCOC(=O)[C@@H](N)CC(=O)OCI. The van der Waals surface area contributed by atoms with Gasteiger partial charge in [0.15, 0.2) is 0 Å². The van der Waals surface area contributed by atoms with E-state index in [0.29, 0.717) is 0 Å². The second kappa shape index (κ2) is 7.07. The molecule has 2 N–H and O–H groups in total. The van der Waals surface area contributed by atoms with Crippen molar-refractivity contribution < 1.29 is 19.1 Å². The Morgan fingerprint density at radius 1 is 1.46 bits per heavy atom. The summed E-state index contributed by atoms with van der Waals surface area (Å²) in [5.41, 5.74) is 5.36. The lowest BCUT2D eigenvalue weighted by Crippen LogP contribution is -2.34. The van der Waals surface area contributed by atoms with Crippen LogP contribution in [0.5, 0.6) is 0 Å². The maximum Gasteiger partial charge on any atom is 0.323 e. The zero-order chi connectivity index (χ0) is 10.3. The molecule has 13 heavy (non-hydrogen) atoms. The number of ether oxygens (including phenoxy) is 2. The van der Waals surface area contributed by atoms with Crippen molar-refractivity contribution in [1.29, 1.82) is 0 Å². The second-order valence-corrected chi connectivity index (χ2v) is 2.81. The molecule has 0 rings (SSSR count). The van der Waals surface area contributed by atoms with Crippen molar-refractivity contribution in [2.45, 2.75) is 19.4 Å². The number of halogens is 1. The molecule has 0 aromatic heterocycles. The van der Waals surface area contributed by atoms with Gasteiger partial charge in [0.1, 0.15) is 10.7 Å². The highest BCUT2D eigenvalue weighted by Gasteiger charge is 2.18. The predicted octanol–water partition coefficient (Wildman–Crippen LogP) is 0.203. The zero-order valence-electron chi connectivity index (χ0n) is 7.29. The zero-order valence-corrected chi connectivity index (χ0v) is 9.44. The van der Waals surface area contributed by atoms with E-state index < -0.39 is 18.0 Å². The van der Waals surface area contributed by atoms with Crippen molar-refractivity contribution in [3.05, 3.63) is 0 Å². The van der Waals surface area contributed by atoms with E-state index in [9.17, 15) is 9.59 Å². The molecule has 0 aliphatic heterocycles. The van der Waals surface area contributed by atoms with Crippen molar-refractivity contribution in [3.8, 4) is 0 Å². The first kappa shape index (κ1) is 12.6. The Morgan fingerprint density at radius 2 is 2.08 bits per heavy atom. The lowest BCUT2D eigenvalue weighted by atomic mass is 10.2. The van der Waals surface area contributed by atoms with E-state index in [1.807, 2.05) is 22.6 Å². The number of alkyl halides is 1. The summed E-state index contributed by atoms with van der Waals surface area (Å²) < 4.78 is 9.47. The average Bonchev–Trinajstić information content (AvgIpc) is 2.05. The van der Waals surface area contributed by atoms with E-state index in [4.69, 9.17) is 5.73 Å². The normalized spacial score (nSPS) is 11.9. The molecule has 76 valence electrons. The van der Waals surface area contributed by atoms with Gasteiger partial charge in [-0.1, -0.05) is 0 Å². The Kier molecular flexibility index (Phi) is 6.87. The third kappa shape index (κ3) is 5.81. The molecule has 0 amide bonds. The van der Waals surface area contributed by atoms with Crippen LogP contribution in [-0.2, 0) is 19.1 Å². The summed E-state index contributed by atoms with van der Waals surface area (Å²) in [6, 6.07) is -0.921. The first-order valence-corrected chi connectivity index (χ1v) is 5.28. The Balaban J connectivity index is 3.78. The molecule has 0 radical (unpaired) electrons. The topological polar surface area (TPSA) is 78.6 Å². The van der Waals surface area contributed by atoms with Gasteiger partial charge in [0.2, 0.25) is 0 Å². The maximum atomic E-state index is 10.9. The van der Waals surface area contributed by atoms with Crippen molar-refractivity contribution in [2.24, 2.45) is 5.73 Å². The molecule has 0 aromatic carbocycles. The molecular weight excluding hydrogens is 289 g/mol. The molecule has 0 aliphatic carbocycles. The van der Waals surface area contributed by atoms with Crippen LogP contribution in [0.2, 0.25) is 0 Å². The molecule has 0 aliphatic rings. The van der Waals surface area contributed by atoms with Crippen LogP contribution in [0, 0.1) is 0 Å². The van der Waals surface area contributed by atoms with Gasteiger partial charge in [-0.25, -0.2) is 0 Å². The fourth-order valence-corrected chi connectivity index (χ4v) is 0.979. The van der Waals surface area contributed by atoms with Gasteiger partial charge in [-0.05, 0) is 29.5 Å². The third-order valence-corrected chi connectivity index (χ3v) is 1.50. The minimum atomic E-state index is -0.921. The summed E-state index contributed by atoms with van der Waals surface area (Å²) in [4.78, 5) is 21.8. The predicted molar refractivity (Wildman–Crippen MR) is 54.2 cm³/mol. The van der Waals surface area contributed by atoms with Crippen LogP contribution in [0.1, 0.15) is 13.3 Å². The number of rotatable bonds is 5. The number of carbonyl (C=O) groups excluding carboxylic acids is 2. The summed E-state index contributed by atoms with van der Waals surface area (Å²) in [6.45, 7) is 1.93. The molecule has 6 heteroatoms. The van der Waals surface area contributed by atoms with Crippen LogP contribution < -0.4 is 5.73 Å². The van der Waals surface area contributed by atoms with Crippen LogP contribution >= 0.6 is 22.6 Å². The largest absolute Gasteiger partial charge is 0.465 e. The van der Waals surface area contributed by atoms with Gasteiger partial charge >= 0.3 is 11.9 Å². The third-order valence-electron chi connectivity index (χ3n) is 1.19. The Hall–Kier alpha value is -0.370. The van der Waals surface area contributed by atoms with Crippen LogP contribution in [-0.4, -0.2) is 29.2 Å². The molecule has 0 saturated carbocycles. The highest BCUT2D eigenvalue weighted by molar-refractivity contribution is 14.1. The Labute approximate surface area is 90.1 Å². The van der Waals surface area contributed by atoms with Gasteiger partial charge in [0.05, 0.1) is 13.0 Å². The van der Waals surface area contributed by atoms with Crippen molar-refractivity contribution >= 4 is 34.5 Å². The molecular formula is C7H12INO4. The van der Waals surface area contributed by atoms with Crippen LogP contribution in [0.3, 0.4) is 0 Å². The quantitative estimate of drug-likeness (QED) is 0.446. The van der Waals surface area contributed by atoms with E-state index >= 15 is 0 Å². The van der Waals surface area contributed by atoms with Crippen molar-refractivity contribution in [3.63, 3.8) is 0 Å². The molecule has 0 aromatic rings. The summed E-state index contributed by atoms with van der Waals surface area (Å²) >= 11 is 1.88. The summed E-state index contributed by atoms with van der Waals surface area (Å²) in [5, 5.41) is 0. The molecule has 0 fully saturated rings. The van der Waals surface area contributed by atoms with E-state index in [1.54, 1.807) is 6.92 Å². The van der Waals surface area contributed by atoms with Gasteiger partial charge < -0.3 is 15.2 Å². The molecule has 0 spiro atoms. The lowest BCUT2D eigenvalue weighted by Gasteiger charge is -2.08. The first-order chi connectivity index (χ1) is 6.11. The van der Waals surface area contributed by atoms with E-state index in [1.165, 1.54) is 0 Å². The van der Waals surface area contributed by atoms with Gasteiger partial charge in [-0.3, -0.25) is 9.59 Å². The fraction of sp³-hybridized carbons (Fsp3) is 0.714. The summed E-state index contributed by atoms with van der Waals surface area (Å²) in [7, 11) is 0. The molecule has 0 bridgehead atoms. The van der Waals surface area contributed by atoms with Crippen molar-refractivity contribution in [1.82, 2.24) is 0 Å². The minimum absolute atomic E-state index is 0.137. The van der Waals surface area contributed by atoms with E-state index in [0.717, 1.165) is 0 Å². The molecule has 0 saturated heterocycles. The van der Waals surface area contributed by atoms with Gasteiger partial charge in [0.25, 0.3) is 0 Å². The Bertz CT molecular complexity index is 185. The van der Waals surface area contributed by atoms with Gasteiger partial charge in [-0.2, -0.15) is 0 Å². The van der Waals surface area contributed by atoms with E-state index in [2.05, 4.69) is 9.47 Å².